The van der Waals surface area contributed by atoms with E-state index < -0.39 is 5.97 Å². The van der Waals surface area contributed by atoms with Crippen molar-refractivity contribution in [1.82, 2.24) is 15.0 Å². The molecule has 0 aromatic carbocycles. The normalized spacial score (nSPS) is 11.0. The first-order chi connectivity index (χ1) is 15.1. The van der Waals surface area contributed by atoms with E-state index in [0.717, 1.165) is 11.1 Å². The summed E-state index contributed by atoms with van der Waals surface area (Å²) in [6, 6.07) is 13.5. The lowest BCUT2D eigenvalue weighted by Gasteiger charge is -2.07. The summed E-state index contributed by atoms with van der Waals surface area (Å²) in [5.41, 5.74) is 3.94. The zero-order valence-corrected chi connectivity index (χ0v) is 18.7. The Labute approximate surface area is 190 Å². The van der Waals surface area contributed by atoms with Crippen molar-refractivity contribution in [3.05, 3.63) is 76.1 Å². The molecule has 0 unspecified atom stereocenters. The van der Waals surface area contributed by atoms with Crippen LogP contribution in [0.1, 0.15) is 15.2 Å². The minimum absolute atomic E-state index is 0.160. The summed E-state index contributed by atoms with van der Waals surface area (Å²) in [5, 5.41) is 14.2. The SMILES string of the molecule is Cc1ccc(-c2cc(-c3ccnc(-c4cc(C(=O)O)cc(-c5nccs5)n4)c3)cs2)s1. The van der Waals surface area contributed by atoms with Crippen LogP contribution in [-0.2, 0) is 0 Å². The monoisotopic (exact) mass is 461 g/mol. The van der Waals surface area contributed by atoms with Crippen LogP contribution in [0.15, 0.2) is 65.6 Å². The molecule has 5 nitrogen and oxygen atoms in total. The van der Waals surface area contributed by atoms with Gasteiger partial charge < -0.3 is 5.11 Å². The van der Waals surface area contributed by atoms with E-state index in [2.05, 4.69) is 45.5 Å². The first-order valence-electron chi connectivity index (χ1n) is 9.34. The number of rotatable bonds is 5. The Morgan fingerprint density at radius 1 is 0.871 bits per heavy atom. The number of carboxylic acids is 1. The molecule has 0 aliphatic heterocycles. The zero-order chi connectivity index (χ0) is 21.4. The molecule has 0 aliphatic carbocycles. The third-order valence-electron chi connectivity index (χ3n) is 4.66. The van der Waals surface area contributed by atoms with Gasteiger partial charge in [0.15, 0.2) is 0 Å². The number of carboxylic acid groups (broad SMARTS) is 1. The van der Waals surface area contributed by atoms with Crippen LogP contribution in [0, 0.1) is 6.92 Å². The maximum atomic E-state index is 11.7. The molecule has 5 aromatic rings. The number of hydrogen-bond acceptors (Lipinski definition) is 7. The molecule has 1 N–H and O–H groups in total. The highest BCUT2D eigenvalue weighted by atomic mass is 32.1. The molecule has 152 valence electrons. The summed E-state index contributed by atoms with van der Waals surface area (Å²) in [6.07, 6.45) is 3.41. The molecule has 0 amide bonds. The van der Waals surface area contributed by atoms with Crippen molar-refractivity contribution in [3.63, 3.8) is 0 Å². The molecule has 0 bridgehead atoms. The summed E-state index contributed by atoms with van der Waals surface area (Å²) in [4.78, 5) is 28.8. The quantitative estimate of drug-likeness (QED) is 0.314. The maximum absolute atomic E-state index is 11.7. The highest BCUT2D eigenvalue weighted by molar-refractivity contribution is 7.21. The lowest BCUT2D eigenvalue weighted by molar-refractivity contribution is 0.0697. The first-order valence-corrected chi connectivity index (χ1v) is 11.9. The maximum Gasteiger partial charge on any atom is 0.335 e. The number of thiazole rings is 1. The van der Waals surface area contributed by atoms with Crippen molar-refractivity contribution in [2.45, 2.75) is 6.92 Å². The van der Waals surface area contributed by atoms with Gasteiger partial charge in [0.25, 0.3) is 0 Å². The van der Waals surface area contributed by atoms with Gasteiger partial charge in [0.2, 0.25) is 0 Å². The molecule has 0 saturated heterocycles. The standard InChI is InChI=1S/C23H15N3O2S3/c1-13-2-3-20(31-13)21-11-16(12-30-21)14-4-5-24-17(8-14)18-9-15(23(27)28)10-19(26-18)22-25-6-7-29-22/h2-12H,1H3,(H,27,28). The summed E-state index contributed by atoms with van der Waals surface area (Å²) >= 11 is 4.91. The van der Waals surface area contributed by atoms with Crippen molar-refractivity contribution in [2.75, 3.05) is 0 Å². The minimum atomic E-state index is -1.01. The van der Waals surface area contributed by atoms with Gasteiger partial charge >= 0.3 is 5.97 Å². The van der Waals surface area contributed by atoms with Crippen LogP contribution in [0.5, 0.6) is 0 Å². The highest BCUT2D eigenvalue weighted by Crippen LogP contribution is 2.37. The van der Waals surface area contributed by atoms with Crippen molar-refractivity contribution in [1.29, 1.82) is 0 Å². The molecule has 31 heavy (non-hydrogen) atoms. The van der Waals surface area contributed by atoms with Crippen LogP contribution >= 0.6 is 34.0 Å². The highest BCUT2D eigenvalue weighted by Gasteiger charge is 2.14. The number of aromatic carboxylic acids is 1. The van der Waals surface area contributed by atoms with E-state index in [1.54, 1.807) is 47.2 Å². The topological polar surface area (TPSA) is 76.0 Å². The Kier molecular flexibility index (Phi) is 5.19. The molecule has 0 radical (unpaired) electrons. The molecule has 0 aliphatic rings. The molecule has 0 atom stereocenters. The largest absolute Gasteiger partial charge is 0.478 e. The van der Waals surface area contributed by atoms with Crippen LogP contribution in [0.4, 0.5) is 0 Å². The Morgan fingerprint density at radius 3 is 2.48 bits per heavy atom. The Balaban J connectivity index is 1.55. The smallest absolute Gasteiger partial charge is 0.335 e. The minimum Gasteiger partial charge on any atom is -0.478 e. The Morgan fingerprint density at radius 2 is 1.74 bits per heavy atom. The fourth-order valence-electron chi connectivity index (χ4n) is 3.18. The number of carbonyl (C=O) groups is 1. The molecule has 5 heterocycles. The van der Waals surface area contributed by atoms with E-state index in [-0.39, 0.29) is 5.56 Å². The van der Waals surface area contributed by atoms with E-state index in [1.807, 2.05) is 17.5 Å². The van der Waals surface area contributed by atoms with Gasteiger partial charge in [-0.25, -0.2) is 14.8 Å². The molecule has 0 fully saturated rings. The zero-order valence-electron chi connectivity index (χ0n) is 16.3. The van der Waals surface area contributed by atoms with Gasteiger partial charge in [-0.15, -0.1) is 34.0 Å². The fourth-order valence-corrected chi connectivity index (χ4v) is 5.66. The number of aromatic nitrogens is 3. The first kappa shape index (κ1) is 19.7. The lowest BCUT2D eigenvalue weighted by atomic mass is 10.1. The number of thiophene rings is 2. The van der Waals surface area contributed by atoms with E-state index in [4.69, 9.17) is 0 Å². The summed E-state index contributed by atoms with van der Waals surface area (Å²) in [6.45, 7) is 2.11. The van der Waals surface area contributed by atoms with Crippen LogP contribution in [0.2, 0.25) is 0 Å². The lowest BCUT2D eigenvalue weighted by Crippen LogP contribution is -2.00. The van der Waals surface area contributed by atoms with E-state index in [0.29, 0.717) is 22.1 Å². The van der Waals surface area contributed by atoms with E-state index in [1.165, 1.54) is 26.0 Å². The second-order valence-electron chi connectivity index (χ2n) is 6.81. The fraction of sp³-hybridized carbons (Fsp3) is 0.0435. The van der Waals surface area contributed by atoms with Crippen LogP contribution in [0.3, 0.4) is 0 Å². The Hall–Kier alpha value is -3.20. The van der Waals surface area contributed by atoms with Crippen LogP contribution in [0.25, 0.3) is 43.0 Å². The van der Waals surface area contributed by atoms with Gasteiger partial charge in [-0.1, -0.05) is 0 Å². The van der Waals surface area contributed by atoms with Gasteiger partial charge in [0, 0.05) is 32.4 Å². The Bertz CT molecular complexity index is 1390. The number of pyridine rings is 2. The second-order valence-corrected chi connectivity index (χ2v) is 9.90. The van der Waals surface area contributed by atoms with Crippen molar-refractivity contribution < 1.29 is 9.90 Å². The molecule has 0 saturated carbocycles. The average molecular weight is 462 g/mol. The van der Waals surface area contributed by atoms with Gasteiger partial charge in [-0.2, -0.15) is 0 Å². The van der Waals surface area contributed by atoms with Crippen molar-refractivity contribution in [2.24, 2.45) is 0 Å². The molecule has 5 aromatic heterocycles. The van der Waals surface area contributed by atoms with Crippen molar-refractivity contribution in [3.8, 4) is 43.0 Å². The molecule has 5 rings (SSSR count). The van der Waals surface area contributed by atoms with Gasteiger partial charge in [0.1, 0.15) is 10.7 Å². The van der Waals surface area contributed by atoms with E-state index in [9.17, 15) is 9.90 Å². The number of hydrogen-bond donors (Lipinski definition) is 1. The number of nitrogens with zero attached hydrogens (tertiary/aromatic N) is 3. The molecular weight excluding hydrogens is 446 g/mol. The van der Waals surface area contributed by atoms with Gasteiger partial charge in [0.05, 0.1) is 17.0 Å². The third-order valence-corrected chi connectivity index (χ3v) is 7.58. The summed E-state index contributed by atoms with van der Waals surface area (Å²) < 4.78 is 0. The second kappa shape index (κ2) is 8.14. The summed E-state index contributed by atoms with van der Waals surface area (Å²) in [5.74, 6) is -1.01. The van der Waals surface area contributed by atoms with Crippen LogP contribution in [-0.4, -0.2) is 26.0 Å². The van der Waals surface area contributed by atoms with Gasteiger partial charge in [-0.3, -0.25) is 4.98 Å². The van der Waals surface area contributed by atoms with Crippen LogP contribution < -0.4 is 0 Å². The molecule has 0 spiro atoms. The predicted octanol–water partition coefficient (Wildman–Crippen LogP) is 6.73. The predicted molar refractivity (Wildman–Crippen MR) is 127 cm³/mol. The number of aryl methyl sites for hydroxylation is 1. The molecular formula is C23H15N3O2S3. The van der Waals surface area contributed by atoms with E-state index >= 15 is 0 Å². The third kappa shape index (κ3) is 4.05. The van der Waals surface area contributed by atoms with Crippen molar-refractivity contribution >= 4 is 40.0 Å². The molecule has 8 heteroatoms. The summed E-state index contributed by atoms with van der Waals surface area (Å²) in [7, 11) is 0. The van der Waals surface area contributed by atoms with Gasteiger partial charge in [-0.05, 0) is 65.9 Å². The average Bonchev–Trinajstić information content (AvgIpc) is 3.55.